The van der Waals surface area contributed by atoms with Gasteiger partial charge in [0.15, 0.2) is 0 Å². The molecule has 2 atom stereocenters. The third-order valence-corrected chi connectivity index (χ3v) is 7.59. The first-order valence-corrected chi connectivity index (χ1v) is 14.1. The van der Waals surface area contributed by atoms with E-state index in [1.165, 1.54) is 9.80 Å². The minimum Gasteiger partial charge on any atom is -0.465 e. The van der Waals surface area contributed by atoms with Gasteiger partial charge in [0, 0.05) is 34.3 Å². The molecular weight excluding hydrogens is 433 g/mol. The molecule has 12 heteroatoms. The van der Waals surface area contributed by atoms with E-state index < -0.39 is 31.5 Å². The zero-order chi connectivity index (χ0) is 23.0. The van der Waals surface area contributed by atoms with E-state index in [1.54, 1.807) is 0 Å². The van der Waals surface area contributed by atoms with Crippen molar-refractivity contribution >= 4 is 19.9 Å². The fourth-order valence-corrected chi connectivity index (χ4v) is 4.98. The Hall–Kier alpha value is -2.08. The largest absolute Gasteiger partial charge is 0.465 e. The molecule has 2 fully saturated rings. The zero-order valence-electron chi connectivity index (χ0n) is 18.0. The number of piperidine rings is 1. The first-order chi connectivity index (χ1) is 14.4. The minimum absolute atomic E-state index is 0.0711. The Morgan fingerprint density at radius 2 is 2.03 bits per heavy atom. The van der Waals surface area contributed by atoms with Crippen molar-refractivity contribution < 1.29 is 27.8 Å². The van der Waals surface area contributed by atoms with Gasteiger partial charge in [0.25, 0.3) is 5.56 Å². The van der Waals surface area contributed by atoms with Crippen molar-refractivity contribution in [2.75, 3.05) is 31.1 Å². The molecule has 0 aliphatic carbocycles. The van der Waals surface area contributed by atoms with Gasteiger partial charge in [-0.2, -0.15) is 18.3 Å². The highest BCUT2D eigenvalue weighted by Gasteiger charge is 2.45. The van der Waals surface area contributed by atoms with Crippen LogP contribution in [-0.4, -0.2) is 66.2 Å². The quantitative estimate of drug-likeness (QED) is 0.516. The summed E-state index contributed by atoms with van der Waals surface area (Å²) in [6.07, 6.45) is -3.48. The Bertz CT molecular complexity index is 871. The van der Waals surface area contributed by atoms with Gasteiger partial charge in [0.1, 0.15) is 12.3 Å². The second-order valence-electron chi connectivity index (χ2n) is 9.41. The third kappa shape index (κ3) is 5.40. The lowest BCUT2D eigenvalue weighted by Gasteiger charge is -2.34. The summed E-state index contributed by atoms with van der Waals surface area (Å²) in [7, 11) is -1.37. The summed E-state index contributed by atoms with van der Waals surface area (Å²) in [6.45, 7) is 7.19. The molecule has 0 saturated carbocycles. The molecule has 2 saturated heterocycles. The van der Waals surface area contributed by atoms with Gasteiger partial charge in [0.05, 0.1) is 17.9 Å². The number of hydrogen-bond acceptors (Lipinski definition) is 5. The summed E-state index contributed by atoms with van der Waals surface area (Å²) in [4.78, 5) is 26.9. The number of amides is 1. The van der Waals surface area contributed by atoms with Crippen LogP contribution in [0.5, 0.6) is 0 Å². The average Bonchev–Trinajstić information content (AvgIpc) is 3.08. The molecule has 0 spiro atoms. The van der Waals surface area contributed by atoms with Gasteiger partial charge >= 0.3 is 12.3 Å². The molecule has 31 heavy (non-hydrogen) atoms. The Morgan fingerprint density at radius 3 is 2.65 bits per heavy atom. The van der Waals surface area contributed by atoms with Crippen LogP contribution in [0.15, 0.2) is 11.0 Å². The number of likely N-dealkylation sites (tertiary alicyclic amines) is 1. The van der Waals surface area contributed by atoms with Gasteiger partial charge in [-0.1, -0.05) is 19.6 Å². The molecule has 0 radical (unpaired) electrons. The molecule has 174 valence electrons. The number of anilines is 1. The molecule has 2 aliphatic rings. The van der Waals surface area contributed by atoms with Gasteiger partial charge < -0.3 is 19.6 Å². The van der Waals surface area contributed by atoms with Crippen LogP contribution in [0.2, 0.25) is 25.7 Å². The molecule has 1 amide bonds. The van der Waals surface area contributed by atoms with Gasteiger partial charge in [0.2, 0.25) is 0 Å². The van der Waals surface area contributed by atoms with E-state index in [0.717, 1.165) is 18.7 Å². The Labute approximate surface area is 179 Å². The lowest BCUT2D eigenvalue weighted by molar-refractivity contribution is -0.138. The zero-order valence-corrected chi connectivity index (χ0v) is 19.0. The first kappa shape index (κ1) is 23.6. The van der Waals surface area contributed by atoms with Crippen molar-refractivity contribution in [2.45, 2.75) is 57.5 Å². The number of carboxylic acid groups (broad SMARTS) is 1. The van der Waals surface area contributed by atoms with Crippen LogP contribution >= 0.6 is 0 Å². The Morgan fingerprint density at radius 1 is 1.32 bits per heavy atom. The van der Waals surface area contributed by atoms with Crippen molar-refractivity contribution in [2.24, 2.45) is 5.92 Å². The smallest absolute Gasteiger partial charge is 0.423 e. The Kier molecular flexibility index (Phi) is 6.70. The number of rotatable bonds is 6. The highest BCUT2D eigenvalue weighted by molar-refractivity contribution is 6.76. The lowest BCUT2D eigenvalue weighted by Crippen LogP contribution is -2.47. The molecule has 1 aromatic heterocycles. The SMILES string of the molecule is C[Si](C)(C)CCOCn1ncc(N2C[C@H]3CCCN(C(=O)O)[C@H]3C2)c(C(F)(F)F)c1=O. The summed E-state index contributed by atoms with van der Waals surface area (Å²) in [5, 5.41) is 13.3. The molecular formula is C19H29F3N4O4Si. The van der Waals surface area contributed by atoms with Crippen molar-refractivity contribution in [1.29, 1.82) is 0 Å². The maximum Gasteiger partial charge on any atom is 0.423 e. The summed E-state index contributed by atoms with van der Waals surface area (Å²) in [5.41, 5.74) is -2.82. The molecule has 0 unspecified atom stereocenters. The van der Waals surface area contributed by atoms with Crippen molar-refractivity contribution in [3.05, 3.63) is 22.1 Å². The minimum atomic E-state index is -4.87. The number of fused-ring (bicyclic) bond motifs is 1. The second-order valence-corrected chi connectivity index (χ2v) is 15.0. The molecule has 0 bridgehead atoms. The maximum absolute atomic E-state index is 13.9. The summed E-state index contributed by atoms with van der Waals surface area (Å²) in [6, 6.07) is 0.433. The van der Waals surface area contributed by atoms with E-state index in [4.69, 9.17) is 4.74 Å². The number of hydrogen-bond donors (Lipinski definition) is 1. The fourth-order valence-electron chi connectivity index (χ4n) is 4.22. The fraction of sp³-hybridized carbons (Fsp3) is 0.737. The van der Waals surface area contributed by atoms with Crippen molar-refractivity contribution in [1.82, 2.24) is 14.7 Å². The number of aromatic nitrogens is 2. The van der Waals surface area contributed by atoms with E-state index in [2.05, 4.69) is 24.7 Å². The number of carbonyl (C=O) groups is 1. The number of ether oxygens (including phenoxy) is 1. The molecule has 1 N–H and O–H groups in total. The van der Waals surface area contributed by atoms with Crippen molar-refractivity contribution in [3.8, 4) is 0 Å². The Balaban J connectivity index is 1.83. The normalized spacial score (nSPS) is 22.0. The van der Waals surface area contributed by atoms with Gasteiger partial charge in [-0.25, -0.2) is 9.48 Å². The second kappa shape index (κ2) is 8.81. The predicted octanol–water partition coefficient (Wildman–Crippen LogP) is 3.15. The number of nitrogens with zero attached hydrogens (tertiary/aromatic N) is 4. The standard InChI is InChI=1S/C19H29F3N4O4Si/c1-31(2,3)8-7-30-12-26-17(27)16(19(20,21)22)14(9-23-26)24-10-13-5-4-6-25(18(28)29)15(13)11-24/h9,13,15H,4-8,10-12H2,1-3H3,(H,28,29)/t13-,15+/m1/s1. The van der Waals surface area contributed by atoms with Gasteiger partial charge in [-0.05, 0) is 24.8 Å². The van der Waals surface area contributed by atoms with Crippen molar-refractivity contribution in [3.63, 3.8) is 0 Å². The van der Waals surface area contributed by atoms with E-state index in [-0.39, 0.29) is 37.5 Å². The highest BCUT2D eigenvalue weighted by Crippen LogP contribution is 2.38. The van der Waals surface area contributed by atoms with E-state index in [1.807, 2.05) is 0 Å². The number of halogens is 3. The molecule has 8 nitrogen and oxygen atoms in total. The number of alkyl halides is 3. The molecule has 3 heterocycles. The third-order valence-electron chi connectivity index (χ3n) is 5.88. The van der Waals surface area contributed by atoms with Crippen LogP contribution in [0.3, 0.4) is 0 Å². The molecule has 3 rings (SSSR count). The summed E-state index contributed by atoms with van der Waals surface area (Å²) < 4.78 is 47.7. The van der Waals surface area contributed by atoms with Gasteiger partial charge in [-0.15, -0.1) is 0 Å². The molecule has 0 aromatic carbocycles. The van der Waals surface area contributed by atoms with E-state index in [9.17, 15) is 27.9 Å². The van der Waals surface area contributed by atoms with E-state index >= 15 is 0 Å². The highest BCUT2D eigenvalue weighted by atomic mass is 28.3. The summed E-state index contributed by atoms with van der Waals surface area (Å²) in [5.74, 6) is -0.0711. The monoisotopic (exact) mass is 462 g/mol. The van der Waals surface area contributed by atoms with Crippen LogP contribution in [-0.2, 0) is 17.6 Å². The summed E-state index contributed by atoms with van der Waals surface area (Å²) >= 11 is 0. The van der Waals surface area contributed by atoms with E-state index in [0.29, 0.717) is 24.3 Å². The van der Waals surface area contributed by atoms with Gasteiger partial charge in [-0.3, -0.25) is 4.79 Å². The molecule has 1 aromatic rings. The van der Waals surface area contributed by atoms with Crippen LogP contribution in [0.25, 0.3) is 0 Å². The van der Waals surface area contributed by atoms with Crippen LogP contribution < -0.4 is 10.5 Å². The van der Waals surface area contributed by atoms with Crippen LogP contribution in [0.1, 0.15) is 18.4 Å². The lowest BCUT2D eigenvalue weighted by atomic mass is 9.92. The topological polar surface area (TPSA) is 87.9 Å². The van der Waals surface area contributed by atoms with Crippen LogP contribution in [0.4, 0.5) is 23.7 Å². The van der Waals surface area contributed by atoms with Crippen LogP contribution in [0, 0.1) is 5.92 Å². The maximum atomic E-state index is 13.9. The average molecular weight is 463 g/mol. The first-order valence-electron chi connectivity index (χ1n) is 10.4. The molecule has 2 aliphatic heterocycles. The predicted molar refractivity (Wildman–Crippen MR) is 111 cm³/mol.